The van der Waals surface area contributed by atoms with Crippen molar-refractivity contribution >= 4 is 10.0 Å². The number of hydrogen-bond acceptors (Lipinski definition) is 5. The van der Waals surface area contributed by atoms with Crippen molar-refractivity contribution in [2.24, 2.45) is 0 Å². The van der Waals surface area contributed by atoms with Crippen LogP contribution in [0.4, 0.5) is 0 Å². The molecule has 1 aromatic heterocycles. The van der Waals surface area contributed by atoms with E-state index in [9.17, 15) is 8.42 Å². The quantitative estimate of drug-likeness (QED) is 0.770. The van der Waals surface area contributed by atoms with Gasteiger partial charge in [-0.3, -0.25) is 9.88 Å². The number of methoxy groups -OCH3 is 1. The normalized spacial score (nSPS) is 20.2. The van der Waals surface area contributed by atoms with Crippen LogP contribution < -0.4 is 4.74 Å². The third kappa shape index (κ3) is 3.83. The highest BCUT2D eigenvalue weighted by atomic mass is 32.2. The summed E-state index contributed by atoms with van der Waals surface area (Å²) in [5.41, 5.74) is 3.19. The second-order valence-corrected chi connectivity index (χ2v) is 9.59. The minimum absolute atomic E-state index is 0.123. The third-order valence-electron chi connectivity index (χ3n) is 5.54. The molecule has 6 nitrogen and oxygen atoms in total. The van der Waals surface area contributed by atoms with E-state index in [4.69, 9.17) is 4.74 Å². The Labute approximate surface area is 151 Å². The van der Waals surface area contributed by atoms with Crippen LogP contribution in [0.15, 0.2) is 6.20 Å². The van der Waals surface area contributed by atoms with Gasteiger partial charge in [0.25, 0.3) is 0 Å². The fourth-order valence-corrected chi connectivity index (χ4v) is 5.52. The molecule has 0 atom stereocenters. The van der Waals surface area contributed by atoms with Crippen LogP contribution in [0.25, 0.3) is 0 Å². The van der Waals surface area contributed by atoms with E-state index in [-0.39, 0.29) is 11.3 Å². The first-order valence-corrected chi connectivity index (χ1v) is 10.5. The van der Waals surface area contributed by atoms with Crippen LogP contribution in [0.1, 0.15) is 42.5 Å². The van der Waals surface area contributed by atoms with Crippen LogP contribution in [-0.2, 0) is 16.6 Å². The molecule has 0 amide bonds. The Morgan fingerprint density at radius 2 is 1.88 bits per heavy atom. The Bertz CT molecular complexity index is 723. The van der Waals surface area contributed by atoms with Crippen LogP contribution in [0.5, 0.6) is 5.75 Å². The zero-order chi connectivity index (χ0) is 18.2. The number of nitrogens with zero attached hydrogens (tertiary/aromatic N) is 3. The fraction of sp³-hybridized carbons (Fsp3) is 0.722. The average Bonchev–Trinajstić information content (AvgIpc) is 3.43. The van der Waals surface area contributed by atoms with Gasteiger partial charge in [0.1, 0.15) is 5.75 Å². The molecule has 2 aliphatic rings. The van der Waals surface area contributed by atoms with E-state index in [0.29, 0.717) is 0 Å². The van der Waals surface area contributed by atoms with Gasteiger partial charge in [0, 0.05) is 50.0 Å². The molecular formula is C18H29N3O3S. The van der Waals surface area contributed by atoms with Gasteiger partial charge >= 0.3 is 0 Å². The molecule has 0 spiro atoms. The minimum atomic E-state index is -3.08. The van der Waals surface area contributed by atoms with E-state index in [0.717, 1.165) is 67.9 Å². The lowest BCUT2D eigenvalue weighted by atomic mass is 10.0. The van der Waals surface area contributed by atoms with Crippen molar-refractivity contribution in [3.8, 4) is 5.75 Å². The maximum Gasteiger partial charge on any atom is 0.216 e. The molecule has 1 aliphatic heterocycles. The molecule has 0 N–H and O–H groups in total. The van der Waals surface area contributed by atoms with Gasteiger partial charge in [-0.1, -0.05) is 0 Å². The third-order valence-corrected chi connectivity index (χ3v) is 7.96. The van der Waals surface area contributed by atoms with E-state index in [1.54, 1.807) is 18.5 Å². The molecule has 0 aromatic carbocycles. The molecule has 2 heterocycles. The predicted molar refractivity (Wildman–Crippen MR) is 98.3 cm³/mol. The van der Waals surface area contributed by atoms with Crippen molar-refractivity contribution in [2.45, 2.75) is 57.4 Å². The zero-order valence-electron chi connectivity index (χ0n) is 15.7. The largest absolute Gasteiger partial charge is 0.496 e. The highest BCUT2D eigenvalue weighted by molar-refractivity contribution is 7.90. The van der Waals surface area contributed by atoms with Crippen molar-refractivity contribution in [1.82, 2.24) is 14.2 Å². The highest BCUT2D eigenvalue weighted by Crippen LogP contribution is 2.33. The lowest BCUT2D eigenvalue weighted by Crippen LogP contribution is -2.46. The first kappa shape index (κ1) is 18.6. The fourth-order valence-electron chi connectivity index (χ4n) is 3.69. The Kier molecular flexibility index (Phi) is 5.37. The number of aromatic nitrogens is 1. The number of rotatable bonds is 6. The molecule has 2 fully saturated rings. The van der Waals surface area contributed by atoms with Crippen molar-refractivity contribution in [3.63, 3.8) is 0 Å². The van der Waals surface area contributed by atoms with Gasteiger partial charge in [0.2, 0.25) is 10.0 Å². The molecule has 0 radical (unpaired) electrons. The Balaban J connectivity index is 1.60. The van der Waals surface area contributed by atoms with Crippen molar-refractivity contribution < 1.29 is 13.2 Å². The molecule has 140 valence electrons. The van der Waals surface area contributed by atoms with Gasteiger partial charge in [0.15, 0.2) is 0 Å². The molecule has 0 unspecified atom stereocenters. The van der Waals surface area contributed by atoms with Gasteiger partial charge in [-0.05, 0) is 39.5 Å². The number of ether oxygens (including phenoxy) is 1. The van der Waals surface area contributed by atoms with E-state index in [2.05, 4.69) is 16.8 Å². The first-order valence-electron chi connectivity index (χ1n) is 9.03. The Morgan fingerprint density at radius 1 is 1.24 bits per heavy atom. The molecule has 1 saturated carbocycles. The number of likely N-dealkylation sites (tertiary alicyclic amines) is 1. The van der Waals surface area contributed by atoms with Gasteiger partial charge in [-0.15, -0.1) is 0 Å². The number of pyridine rings is 1. The SMILES string of the molecule is COc1c(C)cnc(CN2CCC(N(C)S(=O)(=O)C3CC3)CC2)c1C. The summed E-state index contributed by atoms with van der Waals surface area (Å²) in [6.07, 6.45) is 5.27. The molecule has 7 heteroatoms. The van der Waals surface area contributed by atoms with Crippen molar-refractivity contribution in [1.29, 1.82) is 0 Å². The maximum atomic E-state index is 12.4. The second kappa shape index (κ2) is 7.21. The van der Waals surface area contributed by atoms with Crippen LogP contribution in [0, 0.1) is 13.8 Å². The molecular weight excluding hydrogens is 338 g/mol. The summed E-state index contributed by atoms with van der Waals surface area (Å²) in [4.78, 5) is 6.94. The highest BCUT2D eigenvalue weighted by Gasteiger charge is 2.41. The lowest BCUT2D eigenvalue weighted by molar-refractivity contribution is 0.162. The molecule has 1 saturated heterocycles. The molecule has 3 rings (SSSR count). The van der Waals surface area contributed by atoms with Gasteiger partial charge in [0.05, 0.1) is 18.1 Å². The summed E-state index contributed by atoms with van der Waals surface area (Å²) in [5, 5.41) is -0.123. The van der Waals surface area contributed by atoms with Crippen molar-refractivity contribution in [2.75, 3.05) is 27.2 Å². The Morgan fingerprint density at radius 3 is 2.44 bits per heavy atom. The molecule has 25 heavy (non-hydrogen) atoms. The number of hydrogen-bond donors (Lipinski definition) is 0. The van der Waals surface area contributed by atoms with E-state index in [1.165, 1.54) is 0 Å². The van der Waals surface area contributed by atoms with Gasteiger partial charge in [-0.25, -0.2) is 12.7 Å². The summed E-state index contributed by atoms with van der Waals surface area (Å²) >= 11 is 0. The smallest absolute Gasteiger partial charge is 0.216 e. The molecule has 0 bridgehead atoms. The van der Waals surface area contributed by atoms with Crippen molar-refractivity contribution in [3.05, 3.63) is 23.0 Å². The standard InChI is InChI=1S/C18H29N3O3S/c1-13-11-19-17(14(2)18(13)24-4)12-21-9-7-15(8-10-21)20(3)25(22,23)16-5-6-16/h11,15-16H,5-10,12H2,1-4H3. The summed E-state index contributed by atoms with van der Waals surface area (Å²) in [6.45, 7) is 6.63. The summed E-state index contributed by atoms with van der Waals surface area (Å²) in [7, 11) is 0.373. The van der Waals surface area contributed by atoms with E-state index < -0.39 is 10.0 Å². The minimum Gasteiger partial charge on any atom is -0.496 e. The van der Waals surface area contributed by atoms with Crippen LogP contribution >= 0.6 is 0 Å². The summed E-state index contributed by atoms with van der Waals surface area (Å²) in [5.74, 6) is 0.912. The number of piperidine rings is 1. The predicted octanol–water partition coefficient (Wildman–Crippen LogP) is 2.10. The molecule has 1 aliphatic carbocycles. The van der Waals surface area contributed by atoms with Crippen LogP contribution in [-0.4, -0.2) is 61.1 Å². The topological polar surface area (TPSA) is 62.7 Å². The summed E-state index contributed by atoms with van der Waals surface area (Å²) in [6, 6.07) is 0.128. The maximum absolute atomic E-state index is 12.4. The van der Waals surface area contributed by atoms with E-state index >= 15 is 0 Å². The lowest BCUT2D eigenvalue weighted by Gasteiger charge is -2.36. The number of sulfonamides is 1. The Hall–Kier alpha value is -1.18. The van der Waals surface area contributed by atoms with Crippen LogP contribution in [0.3, 0.4) is 0 Å². The monoisotopic (exact) mass is 367 g/mol. The second-order valence-electron chi connectivity index (χ2n) is 7.31. The van der Waals surface area contributed by atoms with Gasteiger partial charge in [-0.2, -0.15) is 0 Å². The zero-order valence-corrected chi connectivity index (χ0v) is 16.5. The van der Waals surface area contributed by atoms with E-state index in [1.807, 2.05) is 13.1 Å². The molecule has 1 aromatic rings. The average molecular weight is 368 g/mol. The first-order chi connectivity index (χ1) is 11.8. The van der Waals surface area contributed by atoms with Crippen LogP contribution in [0.2, 0.25) is 0 Å². The van der Waals surface area contributed by atoms with Gasteiger partial charge < -0.3 is 4.74 Å². The summed E-state index contributed by atoms with van der Waals surface area (Å²) < 4.78 is 31.9. The number of aryl methyl sites for hydroxylation is 1.